The summed E-state index contributed by atoms with van der Waals surface area (Å²) < 4.78 is 0. The summed E-state index contributed by atoms with van der Waals surface area (Å²) in [5, 5.41) is 0. The summed E-state index contributed by atoms with van der Waals surface area (Å²) in [7, 11) is 0. The molecule has 0 saturated carbocycles. The van der Waals surface area contributed by atoms with Crippen molar-refractivity contribution in [1.29, 1.82) is 0 Å². The van der Waals surface area contributed by atoms with Gasteiger partial charge < -0.3 is 4.90 Å². The molecule has 1 amide bonds. The number of hydrogen-bond acceptors (Lipinski definition) is 2. The third kappa shape index (κ3) is 3.41. The quantitative estimate of drug-likeness (QED) is 0.852. The average molecular weight is 298 g/mol. The van der Waals surface area contributed by atoms with Crippen molar-refractivity contribution in [3.8, 4) is 0 Å². The van der Waals surface area contributed by atoms with Gasteiger partial charge in [-0.25, -0.2) is 0 Å². The first kappa shape index (κ1) is 15.3. The summed E-state index contributed by atoms with van der Waals surface area (Å²) >= 11 is 0. The topological polar surface area (TPSA) is 23.6 Å². The average Bonchev–Trinajstić information content (AvgIpc) is 3.16. The molecule has 0 aliphatic carbocycles. The highest BCUT2D eigenvalue weighted by Gasteiger charge is 2.38. The van der Waals surface area contributed by atoms with E-state index in [0.717, 1.165) is 26.1 Å². The maximum Gasteiger partial charge on any atom is 0.219 e. The van der Waals surface area contributed by atoms with Crippen molar-refractivity contribution in [2.24, 2.45) is 0 Å². The van der Waals surface area contributed by atoms with E-state index >= 15 is 0 Å². The van der Waals surface area contributed by atoms with Gasteiger partial charge in [0.2, 0.25) is 5.91 Å². The van der Waals surface area contributed by atoms with E-state index < -0.39 is 0 Å². The van der Waals surface area contributed by atoms with Crippen LogP contribution in [0.4, 0.5) is 0 Å². The molecule has 0 radical (unpaired) electrons. The van der Waals surface area contributed by atoms with Gasteiger partial charge in [-0.3, -0.25) is 9.69 Å². The van der Waals surface area contributed by atoms with Crippen molar-refractivity contribution in [3.05, 3.63) is 42.0 Å². The molecule has 3 rings (SSSR count). The van der Waals surface area contributed by atoms with Gasteiger partial charge in [0.1, 0.15) is 0 Å². The van der Waals surface area contributed by atoms with Gasteiger partial charge >= 0.3 is 0 Å². The zero-order valence-electron chi connectivity index (χ0n) is 13.4. The summed E-state index contributed by atoms with van der Waals surface area (Å²) in [6, 6.07) is 11.4. The molecular weight excluding hydrogens is 272 g/mol. The lowest BCUT2D eigenvalue weighted by atomic mass is 10.0. The van der Waals surface area contributed by atoms with E-state index in [1.54, 1.807) is 6.92 Å². The van der Waals surface area contributed by atoms with Gasteiger partial charge in [0.25, 0.3) is 0 Å². The SMILES string of the molecule is CC(=O)N1CCC[C@@H]1[C@@H]1CCCN1C/C=C\c1ccccc1. The number of nitrogens with zero attached hydrogens (tertiary/aromatic N) is 2. The Labute approximate surface area is 133 Å². The monoisotopic (exact) mass is 298 g/mol. The number of carbonyl (C=O) groups excluding carboxylic acids is 1. The second-order valence-electron chi connectivity index (χ2n) is 6.44. The molecule has 2 saturated heterocycles. The molecule has 1 aromatic rings. The zero-order chi connectivity index (χ0) is 15.4. The van der Waals surface area contributed by atoms with E-state index in [1.165, 1.54) is 24.8 Å². The van der Waals surface area contributed by atoms with Crippen LogP contribution in [-0.2, 0) is 4.79 Å². The van der Waals surface area contributed by atoms with Crippen LogP contribution in [0.15, 0.2) is 36.4 Å². The molecule has 2 heterocycles. The molecule has 3 heteroatoms. The molecule has 0 N–H and O–H groups in total. The molecule has 2 aliphatic heterocycles. The minimum atomic E-state index is 0.245. The lowest BCUT2D eigenvalue weighted by molar-refractivity contribution is -0.130. The van der Waals surface area contributed by atoms with Gasteiger partial charge in [0.05, 0.1) is 0 Å². The van der Waals surface area contributed by atoms with Crippen LogP contribution in [0.3, 0.4) is 0 Å². The van der Waals surface area contributed by atoms with E-state index in [4.69, 9.17) is 0 Å². The lowest BCUT2D eigenvalue weighted by Gasteiger charge is -2.34. The van der Waals surface area contributed by atoms with Crippen molar-refractivity contribution < 1.29 is 4.79 Å². The Morgan fingerprint density at radius 1 is 1.14 bits per heavy atom. The standard InChI is InChI=1S/C19H26N2O/c1-16(22)21-15-7-12-19(21)18-11-6-14-20(18)13-5-10-17-8-3-2-4-9-17/h2-5,8-10,18-19H,6-7,11-15H2,1H3/b10-5-/t18-,19+/m0/s1. The molecule has 2 atom stereocenters. The first-order valence-electron chi connectivity index (χ1n) is 8.48. The lowest BCUT2D eigenvalue weighted by Crippen LogP contribution is -2.47. The molecule has 3 nitrogen and oxygen atoms in total. The Morgan fingerprint density at radius 2 is 1.86 bits per heavy atom. The van der Waals surface area contributed by atoms with Gasteiger partial charge in [-0.15, -0.1) is 0 Å². The van der Waals surface area contributed by atoms with Crippen LogP contribution < -0.4 is 0 Å². The van der Waals surface area contributed by atoms with E-state index in [-0.39, 0.29) is 5.91 Å². The van der Waals surface area contributed by atoms with E-state index in [0.29, 0.717) is 12.1 Å². The van der Waals surface area contributed by atoms with Crippen LogP contribution in [-0.4, -0.2) is 47.4 Å². The highest BCUT2D eigenvalue weighted by molar-refractivity contribution is 5.74. The third-order valence-electron chi connectivity index (χ3n) is 5.01. The number of likely N-dealkylation sites (tertiary alicyclic amines) is 2. The largest absolute Gasteiger partial charge is 0.338 e. The summed E-state index contributed by atoms with van der Waals surface area (Å²) in [4.78, 5) is 16.5. The predicted octanol–water partition coefficient (Wildman–Crippen LogP) is 3.18. The Hall–Kier alpha value is -1.61. The fourth-order valence-corrected chi connectivity index (χ4v) is 3.99. The molecule has 1 aromatic carbocycles. The number of rotatable bonds is 4. The molecule has 2 aliphatic rings. The van der Waals surface area contributed by atoms with Crippen LogP contribution in [0.1, 0.15) is 38.2 Å². The molecule has 0 spiro atoms. The molecule has 2 fully saturated rings. The van der Waals surface area contributed by atoms with Crippen LogP contribution in [0.25, 0.3) is 6.08 Å². The zero-order valence-corrected chi connectivity index (χ0v) is 13.4. The highest BCUT2D eigenvalue weighted by Crippen LogP contribution is 2.29. The first-order valence-corrected chi connectivity index (χ1v) is 8.48. The summed E-state index contributed by atoms with van der Waals surface area (Å²) in [5.41, 5.74) is 1.25. The van der Waals surface area contributed by atoms with Crippen molar-refractivity contribution in [2.75, 3.05) is 19.6 Å². The smallest absolute Gasteiger partial charge is 0.219 e. The number of carbonyl (C=O) groups is 1. The molecule has 0 unspecified atom stereocenters. The normalized spacial score (nSPS) is 26.1. The molecular formula is C19H26N2O. The van der Waals surface area contributed by atoms with Crippen LogP contribution in [0.2, 0.25) is 0 Å². The van der Waals surface area contributed by atoms with Crippen molar-refractivity contribution in [1.82, 2.24) is 9.80 Å². The minimum Gasteiger partial charge on any atom is -0.338 e. The summed E-state index contributed by atoms with van der Waals surface area (Å²) in [6.07, 6.45) is 9.28. The number of hydrogen-bond donors (Lipinski definition) is 0. The van der Waals surface area contributed by atoms with Crippen LogP contribution in [0.5, 0.6) is 0 Å². The van der Waals surface area contributed by atoms with Gasteiger partial charge in [0.15, 0.2) is 0 Å². The van der Waals surface area contributed by atoms with Crippen molar-refractivity contribution in [2.45, 2.75) is 44.7 Å². The van der Waals surface area contributed by atoms with Gasteiger partial charge in [0, 0.05) is 32.1 Å². The fraction of sp³-hybridized carbons (Fsp3) is 0.526. The maximum absolute atomic E-state index is 11.8. The van der Waals surface area contributed by atoms with Crippen LogP contribution in [0, 0.1) is 0 Å². The number of amides is 1. The Morgan fingerprint density at radius 3 is 2.64 bits per heavy atom. The first-order chi connectivity index (χ1) is 10.8. The van der Waals surface area contributed by atoms with E-state index in [2.05, 4.69) is 46.2 Å². The molecule has 22 heavy (non-hydrogen) atoms. The highest BCUT2D eigenvalue weighted by atomic mass is 16.2. The van der Waals surface area contributed by atoms with Crippen molar-refractivity contribution >= 4 is 12.0 Å². The summed E-state index contributed by atoms with van der Waals surface area (Å²) in [5.74, 6) is 0.245. The van der Waals surface area contributed by atoms with E-state index in [1.807, 2.05) is 6.07 Å². The number of benzene rings is 1. The van der Waals surface area contributed by atoms with Crippen molar-refractivity contribution in [3.63, 3.8) is 0 Å². The third-order valence-corrected chi connectivity index (χ3v) is 5.01. The van der Waals surface area contributed by atoms with Gasteiger partial charge in [-0.1, -0.05) is 42.5 Å². The van der Waals surface area contributed by atoms with Crippen LogP contribution >= 0.6 is 0 Å². The van der Waals surface area contributed by atoms with Gasteiger partial charge in [-0.05, 0) is 37.8 Å². The Balaban J connectivity index is 1.61. The summed E-state index contributed by atoms with van der Waals surface area (Å²) in [6.45, 7) is 4.81. The second-order valence-corrected chi connectivity index (χ2v) is 6.44. The maximum atomic E-state index is 11.8. The molecule has 0 aromatic heterocycles. The molecule has 118 valence electrons. The molecule has 0 bridgehead atoms. The minimum absolute atomic E-state index is 0.245. The van der Waals surface area contributed by atoms with Gasteiger partial charge in [-0.2, -0.15) is 0 Å². The second kappa shape index (κ2) is 7.10. The van der Waals surface area contributed by atoms with E-state index in [9.17, 15) is 4.79 Å². The fourth-order valence-electron chi connectivity index (χ4n) is 3.99. The predicted molar refractivity (Wildman–Crippen MR) is 90.5 cm³/mol. The Bertz CT molecular complexity index is 525. The Kier molecular flexibility index (Phi) is 4.94.